The third kappa shape index (κ3) is 4.61. The summed E-state index contributed by atoms with van der Waals surface area (Å²) >= 11 is 12.4. The maximum atomic E-state index is 12.0. The second kappa shape index (κ2) is 9.04. The van der Waals surface area contributed by atoms with Crippen molar-refractivity contribution in [3.63, 3.8) is 0 Å². The number of hydrogen-bond acceptors (Lipinski definition) is 5. The normalized spacial score (nSPS) is 14.4. The van der Waals surface area contributed by atoms with Crippen molar-refractivity contribution in [1.82, 2.24) is 5.01 Å². The molecule has 0 N–H and O–H groups in total. The number of ether oxygens (including phenoxy) is 1. The van der Waals surface area contributed by atoms with Crippen molar-refractivity contribution in [2.45, 2.75) is 13.8 Å². The van der Waals surface area contributed by atoms with Gasteiger partial charge in [-0.15, -0.1) is 0 Å². The number of aliphatic imine (C=N–C) groups is 1. The lowest BCUT2D eigenvalue weighted by Gasteiger charge is -2.26. The Morgan fingerprint density at radius 2 is 1.89 bits per heavy atom. The summed E-state index contributed by atoms with van der Waals surface area (Å²) in [6.45, 7) is 3.90. The van der Waals surface area contributed by atoms with Crippen molar-refractivity contribution >= 4 is 46.3 Å². The number of nitrogens with zero attached hydrogens (tertiary/aromatic N) is 3. The van der Waals surface area contributed by atoms with E-state index in [-0.39, 0.29) is 19.0 Å². The number of esters is 1. The first-order valence-corrected chi connectivity index (χ1v) is 9.52. The van der Waals surface area contributed by atoms with Crippen LogP contribution in [0.25, 0.3) is 5.70 Å². The van der Waals surface area contributed by atoms with Crippen LogP contribution in [0.15, 0.2) is 64.7 Å². The molecule has 0 fully saturated rings. The van der Waals surface area contributed by atoms with Crippen LogP contribution in [-0.4, -0.2) is 35.7 Å². The van der Waals surface area contributed by atoms with Crippen LogP contribution in [0.5, 0.6) is 0 Å². The van der Waals surface area contributed by atoms with Gasteiger partial charge in [-0.3, -0.25) is 4.99 Å². The first-order chi connectivity index (χ1) is 13.5. The summed E-state index contributed by atoms with van der Waals surface area (Å²) in [7, 11) is 0. The van der Waals surface area contributed by atoms with Gasteiger partial charge < -0.3 is 4.74 Å². The van der Waals surface area contributed by atoms with E-state index in [1.165, 1.54) is 0 Å². The molecule has 144 valence electrons. The highest BCUT2D eigenvalue weighted by molar-refractivity contribution is 6.35. The van der Waals surface area contributed by atoms with Gasteiger partial charge in [0.15, 0.2) is 0 Å². The van der Waals surface area contributed by atoms with E-state index in [1.54, 1.807) is 18.9 Å². The van der Waals surface area contributed by atoms with Gasteiger partial charge in [0.25, 0.3) is 0 Å². The van der Waals surface area contributed by atoms with Crippen molar-refractivity contribution in [3.8, 4) is 0 Å². The highest BCUT2D eigenvalue weighted by Gasteiger charge is 2.21. The molecule has 1 aliphatic heterocycles. The van der Waals surface area contributed by atoms with E-state index < -0.39 is 5.97 Å². The van der Waals surface area contributed by atoms with Crippen LogP contribution in [0, 0.1) is 0 Å². The Labute approximate surface area is 173 Å². The topological polar surface area (TPSA) is 54.3 Å². The predicted molar refractivity (Wildman–Crippen MR) is 114 cm³/mol. The van der Waals surface area contributed by atoms with Gasteiger partial charge >= 0.3 is 5.97 Å². The molecule has 1 heterocycles. The fourth-order valence-corrected chi connectivity index (χ4v) is 3.05. The Morgan fingerprint density at radius 1 is 1.18 bits per heavy atom. The lowest BCUT2D eigenvalue weighted by Crippen LogP contribution is -2.26. The summed E-state index contributed by atoms with van der Waals surface area (Å²) in [5.41, 5.74) is 3.50. The van der Waals surface area contributed by atoms with Gasteiger partial charge in [-0.25, -0.2) is 9.80 Å². The molecular formula is C21H19Cl2N3O2. The number of carbonyl (C=O) groups excluding carboxylic acids is 1. The fraction of sp³-hybridized carbons (Fsp3) is 0.190. The average Bonchev–Trinajstić information content (AvgIpc) is 2.69. The second-order valence-corrected chi connectivity index (χ2v) is 6.85. The summed E-state index contributed by atoms with van der Waals surface area (Å²) in [6, 6.07) is 14.9. The van der Waals surface area contributed by atoms with E-state index in [0.717, 1.165) is 22.5 Å². The highest BCUT2D eigenvalue weighted by atomic mass is 35.5. The Morgan fingerprint density at radius 3 is 2.57 bits per heavy atom. The minimum atomic E-state index is -0.464. The fourth-order valence-electron chi connectivity index (χ4n) is 2.69. The van der Waals surface area contributed by atoms with Crippen molar-refractivity contribution in [3.05, 3.63) is 75.8 Å². The standard InChI is InChI=1S/C21H19Cl2N3O2/c1-3-28-21(27)14(2)25-26-13-24-19(15-8-10-16(22)11-9-15)12-20(26)17-6-4-5-7-18(17)23/h4-12H,3,13H2,1-2H3/b25-14+. The van der Waals surface area contributed by atoms with E-state index >= 15 is 0 Å². The molecule has 0 radical (unpaired) electrons. The van der Waals surface area contributed by atoms with Crippen LogP contribution in [0.2, 0.25) is 10.0 Å². The molecule has 7 heteroatoms. The molecule has 2 aromatic rings. The smallest absolute Gasteiger partial charge is 0.354 e. The zero-order chi connectivity index (χ0) is 20.1. The highest BCUT2D eigenvalue weighted by Crippen LogP contribution is 2.30. The molecule has 2 aromatic carbocycles. The summed E-state index contributed by atoms with van der Waals surface area (Å²) in [5.74, 6) is -0.464. The summed E-state index contributed by atoms with van der Waals surface area (Å²) in [5, 5.41) is 7.30. The number of halogens is 2. The molecule has 3 rings (SSSR count). The van der Waals surface area contributed by atoms with Crippen LogP contribution in [-0.2, 0) is 9.53 Å². The molecule has 0 unspecified atom stereocenters. The van der Waals surface area contributed by atoms with E-state index in [2.05, 4.69) is 10.1 Å². The van der Waals surface area contributed by atoms with Gasteiger partial charge in [-0.05, 0) is 43.7 Å². The number of rotatable bonds is 5. The number of benzene rings is 2. The summed E-state index contributed by atoms with van der Waals surface area (Å²) in [4.78, 5) is 16.6. The van der Waals surface area contributed by atoms with E-state index in [9.17, 15) is 4.79 Å². The first kappa shape index (κ1) is 20.1. The van der Waals surface area contributed by atoms with Gasteiger partial charge in [-0.2, -0.15) is 5.10 Å². The monoisotopic (exact) mass is 415 g/mol. The van der Waals surface area contributed by atoms with Gasteiger partial charge in [0.1, 0.15) is 12.4 Å². The van der Waals surface area contributed by atoms with Crippen molar-refractivity contribution in [2.75, 3.05) is 13.3 Å². The Kier molecular flexibility index (Phi) is 6.49. The number of carbonyl (C=O) groups is 1. The predicted octanol–water partition coefficient (Wildman–Crippen LogP) is 5.04. The zero-order valence-electron chi connectivity index (χ0n) is 15.5. The molecule has 0 saturated carbocycles. The van der Waals surface area contributed by atoms with Crippen LogP contribution in [0.3, 0.4) is 0 Å². The molecule has 0 bridgehead atoms. The third-order valence-electron chi connectivity index (χ3n) is 4.06. The van der Waals surface area contributed by atoms with Crippen LogP contribution in [0.1, 0.15) is 25.0 Å². The number of hydrogen-bond donors (Lipinski definition) is 0. The molecule has 0 amide bonds. The molecule has 0 aromatic heterocycles. The molecule has 0 saturated heterocycles. The van der Waals surface area contributed by atoms with Crippen LogP contribution in [0.4, 0.5) is 0 Å². The lowest BCUT2D eigenvalue weighted by molar-refractivity contribution is -0.135. The lowest BCUT2D eigenvalue weighted by atomic mass is 10.0. The van der Waals surface area contributed by atoms with Crippen molar-refractivity contribution in [2.24, 2.45) is 10.1 Å². The van der Waals surface area contributed by atoms with E-state index in [1.807, 2.05) is 54.6 Å². The summed E-state index contributed by atoms with van der Waals surface area (Å²) in [6.07, 6.45) is 1.90. The molecular weight excluding hydrogens is 397 g/mol. The first-order valence-electron chi connectivity index (χ1n) is 8.76. The summed E-state index contributed by atoms with van der Waals surface area (Å²) < 4.78 is 5.02. The molecule has 0 aliphatic carbocycles. The molecule has 0 atom stereocenters. The van der Waals surface area contributed by atoms with Gasteiger partial charge in [-0.1, -0.05) is 53.5 Å². The zero-order valence-corrected chi connectivity index (χ0v) is 17.0. The van der Waals surface area contributed by atoms with Crippen molar-refractivity contribution in [1.29, 1.82) is 0 Å². The maximum Gasteiger partial charge on any atom is 0.354 e. The van der Waals surface area contributed by atoms with Crippen LogP contribution < -0.4 is 0 Å². The average molecular weight is 416 g/mol. The largest absolute Gasteiger partial charge is 0.461 e. The number of hydrazone groups is 1. The quantitative estimate of drug-likeness (QED) is 0.507. The van der Waals surface area contributed by atoms with E-state index in [4.69, 9.17) is 27.9 Å². The Balaban J connectivity index is 2.02. The number of allylic oxidation sites excluding steroid dienone is 1. The minimum Gasteiger partial charge on any atom is -0.461 e. The molecule has 5 nitrogen and oxygen atoms in total. The molecule has 28 heavy (non-hydrogen) atoms. The van der Waals surface area contributed by atoms with Crippen molar-refractivity contribution < 1.29 is 9.53 Å². The molecule has 1 aliphatic rings. The second-order valence-electron chi connectivity index (χ2n) is 6.01. The SMILES string of the molecule is CCOC(=O)/C(C)=N/N1CN=C(c2ccc(Cl)cc2)C=C1c1ccccc1Cl. The van der Waals surface area contributed by atoms with E-state index in [0.29, 0.717) is 10.0 Å². The maximum absolute atomic E-state index is 12.0. The van der Waals surface area contributed by atoms with Gasteiger partial charge in [0, 0.05) is 15.6 Å². The molecule has 0 spiro atoms. The van der Waals surface area contributed by atoms with Gasteiger partial charge in [0.05, 0.1) is 18.0 Å². The Bertz CT molecular complexity index is 966. The minimum absolute atomic E-state index is 0.241. The third-order valence-corrected chi connectivity index (χ3v) is 4.64. The van der Waals surface area contributed by atoms with Crippen LogP contribution >= 0.6 is 23.2 Å². The van der Waals surface area contributed by atoms with Gasteiger partial charge in [0.2, 0.25) is 0 Å². The Hall–Kier alpha value is -2.63.